The second-order valence-electron chi connectivity index (χ2n) is 7.97. The Morgan fingerprint density at radius 3 is 1.88 bits per heavy atom. The van der Waals surface area contributed by atoms with Gasteiger partial charge in [0.05, 0.1) is 49.9 Å². The van der Waals surface area contributed by atoms with Crippen LogP contribution in [0.2, 0.25) is 0 Å². The number of methoxy groups -OCH3 is 4. The van der Waals surface area contributed by atoms with Crippen molar-refractivity contribution in [3.8, 4) is 23.0 Å². The van der Waals surface area contributed by atoms with Gasteiger partial charge < -0.3 is 18.9 Å². The minimum Gasteiger partial charge on any atom is -0.496 e. The molecular formula is C25H24N4O11S. The van der Waals surface area contributed by atoms with Crippen molar-refractivity contribution in [1.29, 1.82) is 0 Å². The molecule has 41 heavy (non-hydrogen) atoms. The van der Waals surface area contributed by atoms with Crippen LogP contribution in [0.5, 0.6) is 23.0 Å². The van der Waals surface area contributed by atoms with Crippen LogP contribution in [0.1, 0.15) is 15.9 Å². The monoisotopic (exact) mass is 588 g/mol. The fourth-order valence-corrected chi connectivity index (χ4v) is 4.80. The first-order valence-electron chi connectivity index (χ1n) is 11.5. The van der Waals surface area contributed by atoms with Crippen molar-refractivity contribution >= 4 is 39.4 Å². The number of nitrogens with zero attached hydrogens (tertiary/aromatic N) is 4. The summed E-state index contributed by atoms with van der Waals surface area (Å²) in [6.45, 7) is 0. The highest BCUT2D eigenvalue weighted by atomic mass is 32.2. The number of nitro benzene ring substituents is 2. The van der Waals surface area contributed by atoms with Gasteiger partial charge in [-0.15, -0.1) is 0 Å². The van der Waals surface area contributed by atoms with E-state index in [0.717, 1.165) is 18.3 Å². The van der Waals surface area contributed by atoms with Gasteiger partial charge in [0.25, 0.3) is 17.3 Å². The molecule has 0 fully saturated rings. The van der Waals surface area contributed by atoms with Crippen LogP contribution in [0.4, 0.5) is 17.1 Å². The molecule has 1 amide bonds. The van der Waals surface area contributed by atoms with Crippen molar-refractivity contribution in [2.75, 3.05) is 32.7 Å². The van der Waals surface area contributed by atoms with E-state index in [4.69, 9.17) is 18.9 Å². The number of hydrogen-bond acceptors (Lipinski definition) is 11. The Bertz CT molecular complexity index is 1570. The first-order valence-corrected chi connectivity index (χ1v) is 12.9. The predicted octanol–water partition coefficient (Wildman–Crippen LogP) is 3.74. The topological polar surface area (TPSA) is 190 Å². The predicted molar refractivity (Wildman–Crippen MR) is 147 cm³/mol. The maximum atomic E-state index is 13.6. The average molecular weight is 589 g/mol. The number of hydrogen-bond donors (Lipinski definition) is 0. The Hall–Kier alpha value is -5.25. The van der Waals surface area contributed by atoms with Crippen LogP contribution < -0.4 is 23.3 Å². The summed E-state index contributed by atoms with van der Waals surface area (Å²) in [6, 6.07) is 10.8. The maximum absolute atomic E-state index is 13.6. The van der Waals surface area contributed by atoms with Crippen LogP contribution in [0.25, 0.3) is 0 Å². The van der Waals surface area contributed by atoms with Gasteiger partial charge in [0.15, 0.2) is 0 Å². The molecule has 0 bridgehead atoms. The molecule has 0 aromatic heterocycles. The SMILES string of the molecule is COc1cc(OC)c(CC=NS(=O)(=O)N(C(=O)c2cc([N+](=O)[O-])cc([N+](=O)[O-])c2)c2ccccc2OC)c(OC)c1. The molecular weight excluding hydrogens is 564 g/mol. The molecule has 15 nitrogen and oxygen atoms in total. The lowest BCUT2D eigenvalue weighted by atomic mass is 10.1. The van der Waals surface area contributed by atoms with Crippen LogP contribution in [0.15, 0.2) is 59.0 Å². The minimum atomic E-state index is -4.92. The fourth-order valence-electron chi connectivity index (χ4n) is 3.73. The summed E-state index contributed by atoms with van der Waals surface area (Å²) in [4.78, 5) is 34.5. The van der Waals surface area contributed by atoms with E-state index in [1.807, 2.05) is 0 Å². The van der Waals surface area contributed by atoms with E-state index >= 15 is 0 Å². The molecule has 0 N–H and O–H groups in total. The van der Waals surface area contributed by atoms with Gasteiger partial charge >= 0.3 is 10.2 Å². The second kappa shape index (κ2) is 12.7. The zero-order valence-electron chi connectivity index (χ0n) is 22.2. The molecule has 0 aliphatic heterocycles. The van der Waals surface area contributed by atoms with Crippen molar-refractivity contribution in [1.82, 2.24) is 0 Å². The lowest BCUT2D eigenvalue weighted by Crippen LogP contribution is -2.36. The first-order chi connectivity index (χ1) is 19.5. The van der Waals surface area contributed by atoms with Gasteiger partial charge in [-0.25, -0.2) is 0 Å². The van der Waals surface area contributed by atoms with Gasteiger partial charge in [-0.05, 0) is 12.1 Å². The van der Waals surface area contributed by atoms with Crippen LogP contribution in [-0.4, -0.2) is 58.8 Å². The first kappa shape index (κ1) is 30.3. The number of rotatable bonds is 12. The highest BCUT2D eigenvalue weighted by Crippen LogP contribution is 2.35. The van der Waals surface area contributed by atoms with Gasteiger partial charge in [0, 0.05) is 42.5 Å². The van der Waals surface area contributed by atoms with E-state index in [1.54, 1.807) is 12.1 Å². The smallest absolute Gasteiger partial charge is 0.351 e. The molecule has 0 atom stereocenters. The summed E-state index contributed by atoms with van der Waals surface area (Å²) in [5, 5.41) is 22.8. The quantitative estimate of drug-likeness (QED) is 0.170. The number of para-hydroxylation sites is 2. The third-order valence-corrected chi connectivity index (χ3v) is 6.85. The number of non-ortho nitro benzene ring substituents is 2. The molecule has 0 aliphatic rings. The number of anilines is 1. The van der Waals surface area contributed by atoms with E-state index in [9.17, 15) is 33.4 Å². The Morgan fingerprint density at radius 2 is 1.39 bits per heavy atom. The molecule has 0 saturated carbocycles. The lowest BCUT2D eigenvalue weighted by molar-refractivity contribution is -0.394. The molecule has 0 radical (unpaired) electrons. The number of carbonyl (C=O) groups is 1. The van der Waals surface area contributed by atoms with Crippen molar-refractivity contribution in [2.24, 2.45) is 4.40 Å². The van der Waals surface area contributed by atoms with Crippen molar-refractivity contribution in [2.45, 2.75) is 6.42 Å². The largest absolute Gasteiger partial charge is 0.496 e. The maximum Gasteiger partial charge on any atom is 0.351 e. The molecule has 3 rings (SSSR count). The Balaban J connectivity index is 2.14. The molecule has 0 heterocycles. The van der Waals surface area contributed by atoms with Crippen molar-refractivity contribution in [3.05, 3.63) is 86.0 Å². The summed E-state index contributed by atoms with van der Waals surface area (Å²) >= 11 is 0. The van der Waals surface area contributed by atoms with Gasteiger partial charge in [-0.1, -0.05) is 12.1 Å². The number of nitro groups is 2. The standard InChI is InChI=1S/C25H24N4O11S/c1-37-19-14-23(39-3)20(24(15-19)40-4)9-10-26-41(35,36)27(21-7-5-6-8-22(21)38-2)25(30)16-11-17(28(31)32)13-18(12-16)29(33)34/h5-8,10-15H,9H2,1-4H3. The summed E-state index contributed by atoms with van der Waals surface area (Å²) in [7, 11) is 0.553. The van der Waals surface area contributed by atoms with Crippen LogP contribution in [0.3, 0.4) is 0 Å². The van der Waals surface area contributed by atoms with E-state index in [0.29, 0.717) is 28.9 Å². The molecule has 0 saturated heterocycles. The molecule has 16 heteroatoms. The normalized spacial score (nSPS) is 11.1. The molecule has 3 aromatic carbocycles. The molecule has 216 valence electrons. The van der Waals surface area contributed by atoms with Gasteiger partial charge in [0.2, 0.25) is 0 Å². The molecule has 0 unspecified atom stereocenters. The second-order valence-corrected chi connectivity index (χ2v) is 9.45. The van der Waals surface area contributed by atoms with Crippen molar-refractivity contribution < 1.29 is 42.0 Å². The molecule has 0 spiro atoms. The highest BCUT2D eigenvalue weighted by Gasteiger charge is 2.34. The van der Waals surface area contributed by atoms with E-state index in [2.05, 4.69) is 4.40 Å². The summed E-state index contributed by atoms with van der Waals surface area (Å²) in [5.41, 5.74) is -2.09. The minimum absolute atomic E-state index is 0.0574. The van der Waals surface area contributed by atoms with Crippen LogP contribution >= 0.6 is 0 Å². The number of benzene rings is 3. The lowest BCUT2D eigenvalue weighted by Gasteiger charge is -2.22. The Labute approximate surface area is 234 Å². The van der Waals surface area contributed by atoms with Crippen molar-refractivity contribution in [3.63, 3.8) is 0 Å². The summed E-state index contributed by atoms with van der Waals surface area (Å²) in [5.74, 6) is -0.361. The average Bonchev–Trinajstić information content (AvgIpc) is 2.96. The van der Waals surface area contributed by atoms with E-state index in [-0.39, 0.29) is 22.2 Å². The number of ether oxygens (including phenoxy) is 4. The molecule has 3 aromatic rings. The van der Waals surface area contributed by atoms with Crippen LogP contribution in [0, 0.1) is 20.2 Å². The fraction of sp³-hybridized carbons (Fsp3) is 0.200. The highest BCUT2D eigenvalue weighted by molar-refractivity contribution is 7.92. The summed E-state index contributed by atoms with van der Waals surface area (Å²) < 4.78 is 52.1. The number of carbonyl (C=O) groups excluding carboxylic acids is 1. The summed E-state index contributed by atoms with van der Waals surface area (Å²) in [6.07, 6.45) is 0.861. The van der Waals surface area contributed by atoms with E-state index in [1.165, 1.54) is 52.7 Å². The molecule has 0 aliphatic carbocycles. The van der Waals surface area contributed by atoms with Crippen LogP contribution in [-0.2, 0) is 16.6 Å². The van der Waals surface area contributed by atoms with E-state index < -0.39 is 42.9 Å². The zero-order chi connectivity index (χ0) is 30.3. The Morgan fingerprint density at radius 1 is 0.854 bits per heavy atom. The Kier molecular flexibility index (Phi) is 9.41. The third kappa shape index (κ3) is 6.67. The van der Waals surface area contributed by atoms with Gasteiger partial charge in [-0.3, -0.25) is 25.0 Å². The third-order valence-electron chi connectivity index (χ3n) is 5.61. The number of amides is 1. The zero-order valence-corrected chi connectivity index (χ0v) is 23.0. The van der Waals surface area contributed by atoms with Gasteiger partial charge in [-0.2, -0.15) is 17.1 Å². The van der Waals surface area contributed by atoms with Gasteiger partial charge in [0.1, 0.15) is 28.7 Å².